The topological polar surface area (TPSA) is 72.7 Å². The van der Waals surface area contributed by atoms with Gasteiger partial charge in [0.05, 0.1) is 33.4 Å². The van der Waals surface area contributed by atoms with Crippen molar-refractivity contribution in [2.75, 3.05) is 24.9 Å². The lowest BCUT2D eigenvalue weighted by atomic mass is 10.1. The predicted molar refractivity (Wildman–Crippen MR) is 104 cm³/mol. The molecule has 0 unspecified atom stereocenters. The summed E-state index contributed by atoms with van der Waals surface area (Å²) < 4.78 is 15.8. The Labute approximate surface area is 158 Å². The van der Waals surface area contributed by atoms with Crippen LogP contribution in [0.1, 0.15) is 11.3 Å². The Morgan fingerprint density at radius 3 is 2.37 bits per heavy atom. The maximum Gasteiger partial charge on any atom is 0.228 e. The van der Waals surface area contributed by atoms with Crippen molar-refractivity contribution < 1.29 is 18.7 Å². The van der Waals surface area contributed by atoms with Crippen LogP contribution in [0.25, 0.3) is 0 Å². The van der Waals surface area contributed by atoms with Crippen molar-refractivity contribution in [2.24, 2.45) is 0 Å². The molecule has 27 heavy (non-hydrogen) atoms. The van der Waals surface area contributed by atoms with Gasteiger partial charge in [-0.15, -0.1) is 0 Å². The summed E-state index contributed by atoms with van der Waals surface area (Å²) in [5, 5.41) is 6.15. The minimum Gasteiger partial charge on any atom is -0.493 e. The average Bonchev–Trinajstić information content (AvgIpc) is 3.21. The summed E-state index contributed by atoms with van der Waals surface area (Å²) in [4.78, 5) is 12.3. The molecule has 0 bridgehead atoms. The molecule has 3 aromatic rings. The van der Waals surface area contributed by atoms with E-state index >= 15 is 0 Å². The monoisotopic (exact) mass is 366 g/mol. The molecule has 1 amide bonds. The number of amides is 1. The third kappa shape index (κ3) is 5.04. The molecule has 1 heterocycles. The van der Waals surface area contributed by atoms with Crippen LogP contribution in [-0.4, -0.2) is 20.1 Å². The summed E-state index contributed by atoms with van der Waals surface area (Å²) in [6.07, 6.45) is 1.90. The van der Waals surface area contributed by atoms with Crippen LogP contribution in [0.5, 0.6) is 11.5 Å². The minimum absolute atomic E-state index is 0.0986. The van der Waals surface area contributed by atoms with Gasteiger partial charge < -0.3 is 24.5 Å². The SMILES string of the molecule is COc1ccc(CC(=O)Nc2ccc(NCc3ccco3)cc2)cc1OC. The molecule has 0 spiro atoms. The van der Waals surface area contributed by atoms with Crippen molar-refractivity contribution in [3.63, 3.8) is 0 Å². The van der Waals surface area contributed by atoms with Gasteiger partial charge in [-0.2, -0.15) is 0 Å². The second kappa shape index (κ2) is 8.80. The highest BCUT2D eigenvalue weighted by atomic mass is 16.5. The number of rotatable bonds is 8. The predicted octanol–water partition coefficient (Wildman–Crippen LogP) is 4.09. The van der Waals surface area contributed by atoms with Crippen LogP contribution in [-0.2, 0) is 17.8 Å². The zero-order valence-corrected chi connectivity index (χ0v) is 15.3. The van der Waals surface area contributed by atoms with E-state index < -0.39 is 0 Å². The number of anilines is 2. The van der Waals surface area contributed by atoms with Gasteiger partial charge >= 0.3 is 0 Å². The number of carbonyl (C=O) groups is 1. The first-order valence-electron chi connectivity index (χ1n) is 8.55. The molecule has 3 rings (SSSR count). The van der Waals surface area contributed by atoms with E-state index in [9.17, 15) is 4.79 Å². The smallest absolute Gasteiger partial charge is 0.228 e. The molecule has 0 aliphatic heterocycles. The third-order valence-electron chi connectivity index (χ3n) is 4.03. The molecular weight excluding hydrogens is 344 g/mol. The zero-order valence-electron chi connectivity index (χ0n) is 15.3. The largest absolute Gasteiger partial charge is 0.493 e. The Kier molecular flexibility index (Phi) is 5.99. The van der Waals surface area contributed by atoms with Crippen LogP contribution >= 0.6 is 0 Å². The van der Waals surface area contributed by atoms with Crippen molar-refractivity contribution in [3.8, 4) is 11.5 Å². The third-order valence-corrected chi connectivity index (χ3v) is 4.03. The first kappa shape index (κ1) is 18.4. The summed E-state index contributed by atoms with van der Waals surface area (Å²) in [7, 11) is 3.15. The van der Waals surface area contributed by atoms with Gasteiger partial charge in [-0.3, -0.25) is 4.79 Å². The van der Waals surface area contributed by atoms with Gasteiger partial charge in [0, 0.05) is 11.4 Å². The van der Waals surface area contributed by atoms with Gasteiger partial charge in [0.2, 0.25) is 5.91 Å². The maximum atomic E-state index is 12.3. The Morgan fingerprint density at radius 1 is 0.963 bits per heavy atom. The molecule has 140 valence electrons. The van der Waals surface area contributed by atoms with E-state index in [1.165, 1.54) is 0 Å². The normalized spacial score (nSPS) is 10.3. The van der Waals surface area contributed by atoms with Crippen molar-refractivity contribution in [3.05, 3.63) is 72.2 Å². The van der Waals surface area contributed by atoms with E-state index in [1.54, 1.807) is 32.6 Å². The molecule has 0 atom stereocenters. The highest BCUT2D eigenvalue weighted by molar-refractivity contribution is 5.92. The number of carbonyl (C=O) groups excluding carboxylic acids is 1. The van der Waals surface area contributed by atoms with Crippen LogP contribution < -0.4 is 20.1 Å². The molecule has 1 aromatic heterocycles. The Hall–Kier alpha value is -3.41. The van der Waals surface area contributed by atoms with E-state index in [2.05, 4.69) is 10.6 Å². The summed E-state index contributed by atoms with van der Waals surface area (Å²) in [6, 6.07) is 16.8. The van der Waals surface area contributed by atoms with Crippen molar-refractivity contribution >= 4 is 17.3 Å². The van der Waals surface area contributed by atoms with Crippen molar-refractivity contribution in [2.45, 2.75) is 13.0 Å². The molecule has 0 fully saturated rings. The highest BCUT2D eigenvalue weighted by Gasteiger charge is 2.09. The maximum absolute atomic E-state index is 12.3. The molecule has 0 aliphatic carbocycles. The zero-order chi connectivity index (χ0) is 19.1. The van der Waals surface area contributed by atoms with E-state index in [-0.39, 0.29) is 12.3 Å². The fourth-order valence-corrected chi connectivity index (χ4v) is 2.65. The molecule has 6 heteroatoms. The lowest BCUT2D eigenvalue weighted by Gasteiger charge is -2.10. The number of furan rings is 1. The summed E-state index contributed by atoms with van der Waals surface area (Å²) in [6.45, 7) is 0.609. The van der Waals surface area contributed by atoms with Crippen LogP contribution in [0.3, 0.4) is 0 Å². The van der Waals surface area contributed by atoms with Gasteiger partial charge in [0.25, 0.3) is 0 Å². The number of hydrogen-bond acceptors (Lipinski definition) is 5. The number of methoxy groups -OCH3 is 2. The van der Waals surface area contributed by atoms with E-state index in [0.29, 0.717) is 18.0 Å². The number of nitrogens with one attached hydrogen (secondary N) is 2. The van der Waals surface area contributed by atoms with Gasteiger partial charge in [0.1, 0.15) is 5.76 Å². The Bertz CT molecular complexity index is 874. The molecular formula is C21H22N2O4. The second-order valence-electron chi connectivity index (χ2n) is 5.92. The van der Waals surface area contributed by atoms with Crippen molar-refractivity contribution in [1.29, 1.82) is 0 Å². The van der Waals surface area contributed by atoms with Crippen LogP contribution in [0, 0.1) is 0 Å². The molecule has 6 nitrogen and oxygen atoms in total. The number of hydrogen-bond donors (Lipinski definition) is 2. The lowest BCUT2D eigenvalue weighted by Crippen LogP contribution is -2.14. The summed E-state index contributed by atoms with van der Waals surface area (Å²) in [5.74, 6) is 2.01. The average molecular weight is 366 g/mol. The van der Waals surface area contributed by atoms with Gasteiger partial charge in [-0.1, -0.05) is 6.07 Å². The van der Waals surface area contributed by atoms with Gasteiger partial charge in [-0.25, -0.2) is 0 Å². The van der Waals surface area contributed by atoms with Gasteiger partial charge in [0.15, 0.2) is 11.5 Å². The van der Waals surface area contributed by atoms with Gasteiger partial charge in [-0.05, 0) is 54.1 Å². The standard InChI is InChI=1S/C21H22N2O4/c1-25-19-10-5-15(12-20(19)26-2)13-21(24)23-17-8-6-16(7-9-17)22-14-18-4-3-11-27-18/h3-12,22H,13-14H2,1-2H3,(H,23,24). The number of benzene rings is 2. The molecule has 2 N–H and O–H groups in total. The summed E-state index contributed by atoms with van der Waals surface area (Å²) >= 11 is 0. The van der Waals surface area contributed by atoms with Crippen molar-refractivity contribution in [1.82, 2.24) is 0 Å². The first-order chi connectivity index (χ1) is 13.2. The molecule has 0 saturated carbocycles. The molecule has 0 saturated heterocycles. The highest BCUT2D eigenvalue weighted by Crippen LogP contribution is 2.27. The fourth-order valence-electron chi connectivity index (χ4n) is 2.65. The summed E-state index contributed by atoms with van der Waals surface area (Å²) in [5.41, 5.74) is 2.54. The minimum atomic E-state index is -0.0986. The van der Waals surface area contributed by atoms with E-state index in [1.807, 2.05) is 42.5 Å². The van der Waals surface area contributed by atoms with E-state index in [0.717, 1.165) is 22.7 Å². The Morgan fingerprint density at radius 2 is 1.70 bits per heavy atom. The Balaban J connectivity index is 1.54. The second-order valence-corrected chi connectivity index (χ2v) is 5.92. The molecule has 0 aliphatic rings. The molecule has 0 radical (unpaired) electrons. The fraction of sp³-hybridized carbons (Fsp3) is 0.190. The van der Waals surface area contributed by atoms with E-state index in [4.69, 9.17) is 13.9 Å². The molecule has 2 aromatic carbocycles. The number of ether oxygens (including phenoxy) is 2. The van der Waals surface area contributed by atoms with Crippen LogP contribution in [0.15, 0.2) is 65.3 Å². The quantitative estimate of drug-likeness (QED) is 0.628. The van der Waals surface area contributed by atoms with Crippen LogP contribution in [0.2, 0.25) is 0 Å². The van der Waals surface area contributed by atoms with Crippen LogP contribution in [0.4, 0.5) is 11.4 Å². The lowest BCUT2D eigenvalue weighted by molar-refractivity contribution is -0.115. The first-order valence-corrected chi connectivity index (χ1v) is 8.55.